The van der Waals surface area contributed by atoms with Crippen molar-refractivity contribution in [2.45, 2.75) is 128 Å². The van der Waals surface area contributed by atoms with E-state index in [-0.39, 0.29) is 18.8 Å². The SMILES string of the molecule is CCCCCC[C@H](CCCCC[C@@H](O)C(N)=O)OC(=O)[C@@H]1CC(C)=CN1C(=O)c1ccccc1OCOCC[Si](C)(C)C. The van der Waals surface area contributed by atoms with Crippen LogP contribution < -0.4 is 10.5 Å². The molecule has 1 aliphatic rings. The predicted octanol–water partition coefficient (Wildman–Crippen LogP) is 6.17. The first-order valence-electron chi connectivity index (χ1n) is 15.9. The maximum atomic E-state index is 13.7. The fraction of sp³-hybridized carbons (Fsp3) is 0.667. The van der Waals surface area contributed by atoms with E-state index < -0.39 is 32.1 Å². The molecule has 0 saturated heterocycles. The number of rotatable bonds is 21. The van der Waals surface area contributed by atoms with Gasteiger partial charge in [0.2, 0.25) is 5.91 Å². The van der Waals surface area contributed by atoms with Gasteiger partial charge in [-0.3, -0.25) is 9.59 Å². The Morgan fingerprint density at radius 1 is 1.02 bits per heavy atom. The molecule has 0 spiro atoms. The minimum atomic E-state index is -1.22. The summed E-state index contributed by atoms with van der Waals surface area (Å²) in [4.78, 5) is 39.8. The number of carbonyl (C=O) groups is 3. The number of aliphatic hydroxyl groups is 1. The van der Waals surface area contributed by atoms with Gasteiger partial charge in [0.1, 0.15) is 24.0 Å². The molecule has 10 heteroatoms. The van der Waals surface area contributed by atoms with Crippen LogP contribution in [0, 0.1) is 0 Å². The number of carbonyl (C=O) groups excluding carboxylic acids is 3. The van der Waals surface area contributed by atoms with E-state index in [1.54, 1.807) is 24.4 Å². The number of para-hydroxylation sites is 1. The molecule has 9 nitrogen and oxygen atoms in total. The Labute approximate surface area is 259 Å². The predicted molar refractivity (Wildman–Crippen MR) is 171 cm³/mol. The van der Waals surface area contributed by atoms with Crippen LogP contribution >= 0.6 is 0 Å². The number of nitrogens with two attached hydrogens (primary N) is 1. The number of amides is 2. The average molecular weight is 619 g/mol. The Morgan fingerprint density at radius 3 is 2.33 bits per heavy atom. The molecule has 0 aromatic heterocycles. The lowest BCUT2D eigenvalue weighted by molar-refractivity contribution is -0.154. The average Bonchev–Trinajstić information content (AvgIpc) is 3.35. The molecule has 1 aromatic carbocycles. The number of hydrogen-bond acceptors (Lipinski definition) is 7. The highest BCUT2D eigenvalue weighted by Gasteiger charge is 2.37. The summed E-state index contributed by atoms with van der Waals surface area (Å²) in [6.07, 6.45) is 9.08. The third-order valence-corrected chi connectivity index (χ3v) is 9.33. The van der Waals surface area contributed by atoms with Crippen LogP contribution in [0.2, 0.25) is 25.7 Å². The van der Waals surface area contributed by atoms with Crippen molar-refractivity contribution in [2.24, 2.45) is 5.73 Å². The number of ether oxygens (including phenoxy) is 3. The quantitative estimate of drug-likeness (QED) is 0.0729. The highest BCUT2D eigenvalue weighted by atomic mass is 28.3. The summed E-state index contributed by atoms with van der Waals surface area (Å²) in [5.74, 6) is -1.01. The van der Waals surface area contributed by atoms with Gasteiger partial charge in [-0.2, -0.15) is 0 Å². The van der Waals surface area contributed by atoms with Gasteiger partial charge in [0.15, 0.2) is 6.79 Å². The number of hydrogen-bond donors (Lipinski definition) is 2. The second-order valence-corrected chi connectivity index (χ2v) is 18.5. The molecule has 1 heterocycles. The van der Waals surface area contributed by atoms with E-state index in [0.29, 0.717) is 43.6 Å². The lowest BCUT2D eigenvalue weighted by Gasteiger charge is -2.26. The van der Waals surface area contributed by atoms with Crippen molar-refractivity contribution in [2.75, 3.05) is 13.4 Å². The number of aliphatic hydroxyl groups excluding tert-OH is 1. The van der Waals surface area contributed by atoms with E-state index in [1.807, 2.05) is 13.0 Å². The first kappa shape index (κ1) is 36.5. The van der Waals surface area contributed by atoms with E-state index in [9.17, 15) is 19.5 Å². The van der Waals surface area contributed by atoms with Crippen LogP contribution in [0.4, 0.5) is 0 Å². The molecule has 1 aromatic rings. The second kappa shape index (κ2) is 18.9. The zero-order chi connectivity index (χ0) is 31.8. The summed E-state index contributed by atoms with van der Waals surface area (Å²) in [7, 11) is -1.22. The molecule has 43 heavy (non-hydrogen) atoms. The molecule has 2 rings (SSSR count). The summed E-state index contributed by atoms with van der Waals surface area (Å²) in [5.41, 5.74) is 6.43. The van der Waals surface area contributed by atoms with Gasteiger partial charge in [-0.05, 0) is 57.2 Å². The van der Waals surface area contributed by atoms with Crippen LogP contribution in [0.15, 0.2) is 36.0 Å². The number of esters is 1. The lowest BCUT2D eigenvalue weighted by Crippen LogP contribution is -2.41. The van der Waals surface area contributed by atoms with E-state index >= 15 is 0 Å². The van der Waals surface area contributed by atoms with Gasteiger partial charge in [0.05, 0.1) is 5.56 Å². The molecule has 0 bridgehead atoms. The first-order valence-corrected chi connectivity index (χ1v) is 19.6. The van der Waals surface area contributed by atoms with E-state index in [2.05, 4.69) is 26.6 Å². The number of unbranched alkanes of at least 4 members (excludes halogenated alkanes) is 5. The lowest BCUT2D eigenvalue weighted by atomic mass is 10.0. The largest absolute Gasteiger partial charge is 0.467 e. The minimum absolute atomic E-state index is 0.0519. The van der Waals surface area contributed by atoms with Crippen molar-refractivity contribution in [3.8, 4) is 5.75 Å². The number of nitrogens with zero attached hydrogens (tertiary/aromatic N) is 1. The molecular weight excluding hydrogens is 564 g/mol. The molecular formula is C33H54N2O7Si. The Morgan fingerprint density at radius 2 is 1.67 bits per heavy atom. The van der Waals surface area contributed by atoms with Crippen LogP contribution in [0.1, 0.15) is 94.8 Å². The van der Waals surface area contributed by atoms with Gasteiger partial charge in [0.25, 0.3) is 5.91 Å². The molecule has 0 fully saturated rings. The highest BCUT2D eigenvalue weighted by molar-refractivity contribution is 6.76. The van der Waals surface area contributed by atoms with Crippen molar-refractivity contribution < 1.29 is 33.7 Å². The van der Waals surface area contributed by atoms with Gasteiger partial charge in [-0.25, -0.2) is 4.79 Å². The fourth-order valence-electron chi connectivity index (χ4n) is 4.96. The van der Waals surface area contributed by atoms with Gasteiger partial charge in [0, 0.05) is 27.3 Å². The standard InChI is InChI=1S/C33H54N2O7Si/c1-6-7-8-10-15-26(16-11-9-12-18-29(36)31(34)37)42-33(39)28-22-25(2)23-35(28)32(38)27-17-13-14-19-30(27)41-24-40-20-21-43(3,4)5/h13-14,17,19,23,26,28-29,36H,6-12,15-16,18,20-22,24H2,1-5H3,(H2,34,37)/t26-,28+,29-/m1/s1. The molecule has 0 aliphatic carbocycles. The van der Waals surface area contributed by atoms with Gasteiger partial charge >= 0.3 is 5.97 Å². The Hall–Kier alpha value is -2.69. The van der Waals surface area contributed by atoms with Crippen LogP contribution in [0.3, 0.4) is 0 Å². The fourth-order valence-corrected chi connectivity index (χ4v) is 5.72. The molecule has 0 radical (unpaired) electrons. The summed E-state index contributed by atoms with van der Waals surface area (Å²) >= 11 is 0. The van der Waals surface area contributed by atoms with Gasteiger partial charge in [-0.15, -0.1) is 0 Å². The monoisotopic (exact) mass is 618 g/mol. The molecule has 1 aliphatic heterocycles. The van der Waals surface area contributed by atoms with Crippen LogP contribution in [0.5, 0.6) is 5.75 Å². The third kappa shape index (κ3) is 13.7. The Bertz CT molecular complexity index is 1060. The van der Waals surface area contributed by atoms with Crippen molar-refractivity contribution in [3.05, 3.63) is 41.6 Å². The Balaban J connectivity index is 2.02. The second-order valence-electron chi connectivity index (χ2n) is 12.8. The van der Waals surface area contributed by atoms with Crippen molar-refractivity contribution in [1.29, 1.82) is 0 Å². The van der Waals surface area contributed by atoms with Crippen molar-refractivity contribution >= 4 is 25.9 Å². The van der Waals surface area contributed by atoms with E-state index in [0.717, 1.165) is 56.6 Å². The molecule has 0 saturated carbocycles. The molecule has 242 valence electrons. The summed E-state index contributed by atoms with van der Waals surface area (Å²) in [6, 6.07) is 7.32. The molecule has 3 N–H and O–H groups in total. The first-order chi connectivity index (χ1) is 20.4. The summed E-state index contributed by atoms with van der Waals surface area (Å²) in [6.45, 7) is 11.6. The van der Waals surface area contributed by atoms with Crippen LogP contribution in [0.25, 0.3) is 0 Å². The maximum Gasteiger partial charge on any atom is 0.329 e. The Kier molecular flexibility index (Phi) is 16.0. The smallest absolute Gasteiger partial charge is 0.329 e. The van der Waals surface area contributed by atoms with Gasteiger partial charge < -0.3 is 30.0 Å². The normalized spacial score (nSPS) is 16.5. The zero-order valence-corrected chi connectivity index (χ0v) is 27.9. The molecule has 3 atom stereocenters. The third-order valence-electron chi connectivity index (χ3n) is 7.62. The van der Waals surface area contributed by atoms with Gasteiger partial charge in [-0.1, -0.05) is 76.4 Å². The topological polar surface area (TPSA) is 128 Å². The molecule has 0 unspecified atom stereocenters. The van der Waals surface area contributed by atoms with Crippen molar-refractivity contribution in [1.82, 2.24) is 4.90 Å². The van der Waals surface area contributed by atoms with E-state index in [4.69, 9.17) is 19.9 Å². The summed E-state index contributed by atoms with van der Waals surface area (Å²) in [5, 5.41) is 9.63. The molecule has 2 amide bonds. The maximum absolute atomic E-state index is 13.7. The minimum Gasteiger partial charge on any atom is -0.467 e. The van der Waals surface area contributed by atoms with Crippen molar-refractivity contribution in [3.63, 3.8) is 0 Å². The zero-order valence-electron chi connectivity index (χ0n) is 26.9. The number of primary amides is 1. The summed E-state index contributed by atoms with van der Waals surface area (Å²) < 4.78 is 17.6. The number of benzene rings is 1. The van der Waals surface area contributed by atoms with Crippen LogP contribution in [-0.4, -0.2) is 67.5 Å². The van der Waals surface area contributed by atoms with E-state index in [1.165, 1.54) is 4.90 Å². The van der Waals surface area contributed by atoms with Crippen LogP contribution in [-0.2, 0) is 19.1 Å². The highest BCUT2D eigenvalue weighted by Crippen LogP contribution is 2.29.